The van der Waals surface area contributed by atoms with Gasteiger partial charge in [-0.3, -0.25) is 9.69 Å². The number of hydrogen-bond acceptors (Lipinski definition) is 5. The van der Waals surface area contributed by atoms with Gasteiger partial charge in [0.1, 0.15) is 22.9 Å². The number of furan rings is 1. The van der Waals surface area contributed by atoms with Crippen LogP contribution in [-0.4, -0.2) is 54.6 Å². The highest BCUT2D eigenvalue weighted by Gasteiger charge is 2.51. The molecule has 172 valence electrons. The molecular formula is C23H29FN4O4. The van der Waals surface area contributed by atoms with E-state index in [1.807, 2.05) is 12.1 Å². The van der Waals surface area contributed by atoms with Crippen LogP contribution in [-0.2, 0) is 21.6 Å². The molecule has 0 aliphatic carbocycles. The lowest BCUT2D eigenvalue weighted by atomic mass is 9.73. The van der Waals surface area contributed by atoms with Crippen LogP contribution in [0.3, 0.4) is 0 Å². The Morgan fingerprint density at radius 2 is 1.91 bits per heavy atom. The molecule has 3 amide bonds. The first-order valence-electron chi connectivity index (χ1n) is 10.8. The van der Waals surface area contributed by atoms with Gasteiger partial charge < -0.3 is 25.5 Å². The predicted molar refractivity (Wildman–Crippen MR) is 115 cm³/mol. The van der Waals surface area contributed by atoms with Crippen molar-refractivity contribution in [2.24, 2.45) is 11.5 Å². The number of halogens is 1. The molecule has 9 heteroatoms. The van der Waals surface area contributed by atoms with Gasteiger partial charge in [-0.25, -0.2) is 9.18 Å². The van der Waals surface area contributed by atoms with Crippen LogP contribution in [0, 0.1) is 12.7 Å². The van der Waals surface area contributed by atoms with E-state index in [9.17, 15) is 14.0 Å². The molecule has 2 fully saturated rings. The molecule has 2 atom stereocenters. The fourth-order valence-electron chi connectivity index (χ4n) is 4.98. The molecule has 0 radical (unpaired) electrons. The van der Waals surface area contributed by atoms with Crippen LogP contribution in [0.15, 0.2) is 34.7 Å². The summed E-state index contributed by atoms with van der Waals surface area (Å²) in [5, 5.41) is 0. The summed E-state index contributed by atoms with van der Waals surface area (Å²) in [6.45, 7) is 5.72. The number of hydrogen-bond donors (Lipinski definition) is 2. The van der Waals surface area contributed by atoms with Crippen molar-refractivity contribution in [3.63, 3.8) is 0 Å². The van der Waals surface area contributed by atoms with E-state index in [0.717, 1.165) is 24.6 Å². The van der Waals surface area contributed by atoms with E-state index >= 15 is 0 Å². The third-order valence-electron chi connectivity index (χ3n) is 6.58. The minimum atomic E-state index is -1.48. The maximum atomic E-state index is 13.8. The van der Waals surface area contributed by atoms with Crippen LogP contribution in [0.1, 0.15) is 41.4 Å². The van der Waals surface area contributed by atoms with Gasteiger partial charge >= 0.3 is 6.03 Å². The fourth-order valence-corrected chi connectivity index (χ4v) is 4.98. The van der Waals surface area contributed by atoms with Crippen molar-refractivity contribution < 1.29 is 23.1 Å². The fraction of sp³-hybridized carbons (Fsp3) is 0.478. The van der Waals surface area contributed by atoms with Crippen LogP contribution in [0.2, 0.25) is 0 Å². The van der Waals surface area contributed by atoms with Gasteiger partial charge in [-0.05, 0) is 55.2 Å². The lowest BCUT2D eigenvalue weighted by Gasteiger charge is -2.47. The average Bonchev–Trinajstić information content (AvgIpc) is 3.22. The van der Waals surface area contributed by atoms with E-state index in [-0.39, 0.29) is 18.9 Å². The molecule has 1 aromatic heterocycles. The molecule has 32 heavy (non-hydrogen) atoms. The number of aryl methyl sites for hydroxylation is 1. The van der Waals surface area contributed by atoms with Crippen molar-refractivity contribution in [3.8, 4) is 0 Å². The van der Waals surface area contributed by atoms with Crippen LogP contribution >= 0.6 is 0 Å². The first kappa shape index (κ1) is 22.3. The quantitative estimate of drug-likeness (QED) is 0.734. The summed E-state index contributed by atoms with van der Waals surface area (Å²) in [5.74, 6) is 0.295. The van der Waals surface area contributed by atoms with Crippen molar-refractivity contribution in [2.45, 2.75) is 37.8 Å². The van der Waals surface area contributed by atoms with E-state index in [4.69, 9.17) is 20.6 Å². The van der Waals surface area contributed by atoms with E-state index in [1.165, 1.54) is 23.1 Å². The number of primary amides is 2. The normalized spacial score (nSPS) is 24.4. The maximum absolute atomic E-state index is 13.8. The number of ether oxygens (including phenoxy) is 1. The SMILES string of the molecule is Cc1cc(F)ccc1C1(C(N)=O)CC(c2ccc(CN3CCOCC3)o2)CCN1C(N)=O. The number of benzene rings is 1. The Morgan fingerprint density at radius 3 is 2.56 bits per heavy atom. The summed E-state index contributed by atoms with van der Waals surface area (Å²) in [6, 6.07) is 7.24. The lowest BCUT2D eigenvalue weighted by molar-refractivity contribution is -0.131. The third kappa shape index (κ3) is 4.10. The number of carbonyl (C=O) groups is 2. The Bertz CT molecular complexity index is 1000. The topological polar surface area (TPSA) is 115 Å². The van der Waals surface area contributed by atoms with Crippen molar-refractivity contribution in [2.75, 3.05) is 32.8 Å². The van der Waals surface area contributed by atoms with Crippen molar-refractivity contribution in [1.29, 1.82) is 0 Å². The zero-order chi connectivity index (χ0) is 22.9. The van der Waals surface area contributed by atoms with Gasteiger partial charge in [-0.15, -0.1) is 0 Å². The summed E-state index contributed by atoms with van der Waals surface area (Å²) < 4.78 is 25.3. The van der Waals surface area contributed by atoms with Crippen molar-refractivity contribution in [1.82, 2.24) is 9.80 Å². The molecule has 2 saturated heterocycles. The van der Waals surface area contributed by atoms with Gasteiger partial charge in [0.2, 0.25) is 5.91 Å². The zero-order valence-corrected chi connectivity index (χ0v) is 18.2. The minimum absolute atomic E-state index is 0.152. The summed E-state index contributed by atoms with van der Waals surface area (Å²) in [7, 11) is 0. The molecule has 2 aromatic rings. The lowest BCUT2D eigenvalue weighted by Crippen LogP contribution is -2.62. The van der Waals surface area contributed by atoms with E-state index in [0.29, 0.717) is 37.3 Å². The van der Waals surface area contributed by atoms with E-state index < -0.39 is 23.3 Å². The first-order chi connectivity index (χ1) is 15.3. The second-order valence-electron chi connectivity index (χ2n) is 8.56. The molecule has 3 heterocycles. The molecular weight excluding hydrogens is 415 g/mol. The number of rotatable bonds is 5. The number of urea groups is 1. The van der Waals surface area contributed by atoms with Gasteiger partial charge in [0.05, 0.1) is 19.8 Å². The van der Waals surface area contributed by atoms with Gasteiger partial charge in [-0.1, -0.05) is 6.07 Å². The number of piperidine rings is 1. The predicted octanol–water partition coefficient (Wildman–Crippen LogP) is 2.20. The molecule has 4 N–H and O–H groups in total. The molecule has 1 aromatic carbocycles. The molecule has 0 bridgehead atoms. The van der Waals surface area contributed by atoms with Gasteiger partial charge in [0.15, 0.2) is 0 Å². The number of amides is 3. The maximum Gasteiger partial charge on any atom is 0.315 e. The Balaban J connectivity index is 1.65. The molecule has 2 unspecified atom stereocenters. The Hall–Kier alpha value is -2.91. The number of nitrogens with zero attached hydrogens (tertiary/aromatic N) is 2. The summed E-state index contributed by atoms with van der Waals surface area (Å²) >= 11 is 0. The Morgan fingerprint density at radius 1 is 1.16 bits per heavy atom. The van der Waals surface area contributed by atoms with Gasteiger partial charge in [0.25, 0.3) is 0 Å². The highest BCUT2D eigenvalue weighted by atomic mass is 19.1. The Labute approximate surface area is 186 Å². The van der Waals surface area contributed by atoms with Gasteiger partial charge in [0, 0.05) is 25.6 Å². The number of nitrogens with two attached hydrogens (primary N) is 2. The van der Waals surface area contributed by atoms with Crippen LogP contribution in [0.4, 0.5) is 9.18 Å². The average molecular weight is 445 g/mol. The highest BCUT2D eigenvalue weighted by Crippen LogP contribution is 2.45. The molecule has 8 nitrogen and oxygen atoms in total. The zero-order valence-electron chi connectivity index (χ0n) is 18.2. The highest BCUT2D eigenvalue weighted by molar-refractivity contribution is 5.91. The van der Waals surface area contributed by atoms with Crippen LogP contribution in [0.25, 0.3) is 0 Å². The van der Waals surface area contributed by atoms with Crippen LogP contribution < -0.4 is 11.5 Å². The van der Waals surface area contributed by atoms with Gasteiger partial charge in [-0.2, -0.15) is 0 Å². The monoisotopic (exact) mass is 444 g/mol. The molecule has 4 rings (SSSR count). The molecule has 0 spiro atoms. The second-order valence-corrected chi connectivity index (χ2v) is 8.56. The number of carbonyl (C=O) groups excluding carboxylic acids is 2. The van der Waals surface area contributed by atoms with E-state index in [2.05, 4.69) is 4.90 Å². The standard InChI is InChI=1S/C23H29FN4O4/c1-15-12-17(24)2-4-19(15)23(21(25)29)13-16(6-7-28(23)22(26)30)20-5-3-18(32-20)14-27-8-10-31-11-9-27/h2-5,12,16H,6-11,13-14H2,1H3,(H2,25,29)(H2,26,30). The summed E-state index contributed by atoms with van der Waals surface area (Å²) in [5.41, 5.74) is 11.1. The van der Waals surface area contributed by atoms with Crippen molar-refractivity contribution >= 4 is 11.9 Å². The third-order valence-corrected chi connectivity index (χ3v) is 6.58. The van der Waals surface area contributed by atoms with Crippen molar-refractivity contribution in [3.05, 3.63) is 58.8 Å². The van der Waals surface area contributed by atoms with Crippen LogP contribution in [0.5, 0.6) is 0 Å². The number of morpholine rings is 1. The summed E-state index contributed by atoms with van der Waals surface area (Å²) in [6.07, 6.45) is 0.783. The smallest absolute Gasteiger partial charge is 0.315 e. The molecule has 2 aliphatic rings. The summed E-state index contributed by atoms with van der Waals surface area (Å²) in [4.78, 5) is 28.8. The second kappa shape index (κ2) is 8.91. The molecule has 2 aliphatic heterocycles. The number of likely N-dealkylation sites (tertiary alicyclic amines) is 1. The first-order valence-corrected chi connectivity index (χ1v) is 10.8. The molecule has 0 saturated carbocycles. The Kier molecular flexibility index (Phi) is 6.21. The largest absolute Gasteiger partial charge is 0.464 e. The minimum Gasteiger partial charge on any atom is -0.464 e. The van der Waals surface area contributed by atoms with E-state index in [1.54, 1.807) is 6.92 Å².